The SMILES string of the molecule is O=c1c(-c2ccccc2)nc2ccc(SCc3ccccc3)[nH]n1-2. The summed E-state index contributed by atoms with van der Waals surface area (Å²) in [6.45, 7) is 0. The molecule has 0 aromatic heterocycles. The van der Waals surface area contributed by atoms with Gasteiger partial charge in [0.25, 0.3) is 5.56 Å². The molecule has 0 fully saturated rings. The second-order valence-corrected chi connectivity index (χ2v) is 6.43. The molecular formula is C19H15N3OS. The molecule has 24 heavy (non-hydrogen) atoms. The highest BCUT2D eigenvalue weighted by molar-refractivity contribution is 7.98. The molecule has 0 unspecified atom stereocenters. The molecule has 2 aromatic rings. The number of benzene rings is 2. The van der Waals surface area contributed by atoms with Gasteiger partial charge < -0.3 is 0 Å². The van der Waals surface area contributed by atoms with Gasteiger partial charge in [-0.15, -0.1) is 11.8 Å². The average molecular weight is 333 g/mol. The zero-order valence-electron chi connectivity index (χ0n) is 12.8. The van der Waals surface area contributed by atoms with E-state index in [1.54, 1.807) is 11.8 Å². The van der Waals surface area contributed by atoms with Crippen molar-refractivity contribution in [2.24, 2.45) is 0 Å². The lowest BCUT2D eigenvalue weighted by Gasteiger charge is -2.06. The van der Waals surface area contributed by atoms with Crippen LogP contribution in [-0.4, -0.2) is 14.8 Å². The zero-order valence-corrected chi connectivity index (χ0v) is 13.7. The lowest BCUT2D eigenvalue weighted by molar-refractivity contribution is 0.760. The quantitative estimate of drug-likeness (QED) is 0.575. The summed E-state index contributed by atoms with van der Waals surface area (Å²) in [5, 5.41) is 4.09. The van der Waals surface area contributed by atoms with Gasteiger partial charge in [-0.2, -0.15) is 4.68 Å². The van der Waals surface area contributed by atoms with Crippen LogP contribution in [0.15, 0.2) is 82.6 Å². The van der Waals surface area contributed by atoms with Crippen molar-refractivity contribution in [1.82, 2.24) is 14.8 Å². The van der Waals surface area contributed by atoms with Crippen LogP contribution < -0.4 is 5.56 Å². The first-order valence-corrected chi connectivity index (χ1v) is 8.64. The van der Waals surface area contributed by atoms with Crippen LogP contribution in [0.2, 0.25) is 0 Å². The van der Waals surface area contributed by atoms with Crippen LogP contribution in [0, 0.1) is 0 Å². The van der Waals surface area contributed by atoms with Crippen molar-refractivity contribution < 1.29 is 0 Å². The van der Waals surface area contributed by atoms with E-state index in [4.69, 9.17) is 0 Å². The summed E-state index contributed by atoms with van der Waals surface area (Å²) in [7, 11) is 0. The molecule has 0 bridgehead atoms. The Kier molecular flexibility index (Phi) is 3.92. The van der Waals surface area contributed by atoms with Crippen molar-refractivity contribution in [3.63, 3.8) is 0 Å². The molecule has 118 valence electrons. The number of thioether (sulfide) groups is 1. The monoisotopic (exact) mass is 333 g/mol. The van der Waals surface area contributed by atoms with Crippen molar-refractivity contribution >= 4 is 11.8 Å². The van der Waals surface area contributed by atoms with Crippen LogP contribution in [0.5, 0.6) is 0 Å². The Morgan fingerprint density at radius 1 is 0.917 bits per heavy atom. The summed E-state index contributed by atoms with van der Waals surface area (Å²) in [5.74, 6) is 1.47. The van der Waals surface area contributed by atoms with Gasteiger partial charge >= 0.3 is 0 Å². The molecule has 0 aliphatic carbocycles. The predicted octanol–water partition coefficient (Wildman–Crippen LogP) is 3.96. The molecule has 2 aliphatic heterocycles. The number of aromatic amines is 1. The first-order valence-electron chi connectivity index (χ1n) is 7.65. The number of nitrogens with zero attached hydrogens (tertiary/aromatic N) is 2. The number of fused-ring (bicyclic) bond motifs is 1. The van der Waals surface area contributed by atoms with Gasteiger partial charge in [0, 0.05) is 11.3 Å². The summed E-state index contributed by atoms with van der Waals surface area (Å²) in [6, 6.07) is 23.6. The van der Waals surface area contributed by atoms with Crippen molar-refractivity contribution in [2.45, 2.75) is 10.8 Å². The second kappa shape index (κ2) is 6.37. The van der Waals surface area contributed by atoms with E-state index in [1.165, 1.54) is 10.2 Å². The largest absolute Gasteiger partial charge is 0.297 e. The minimum atomic E-state index is -0.127. The van der Waals surface area contributed by atoms with Crippen molar-refractivity contribution in [2.75, 3.05) is 0 Å². The van der Waals surface area contributed by atoms with Gasteiger partial charge in [-0.3, -0.25) is 9.89 Å². The number of rotatable bonds is 4. The van der Waals surface area contributed by atoms with E-state index >= 15 is 0 Å². The Bertz CT molecular complexity index is 976. The third kappa shape index (κ3) is 2.86. The molecule has 0 radical (unpaired) electrons. The number of hydrogen-bond acceptors (Lipinski definition) is 3. The van der Waals surface area contributed by atoms with Gasteiger partial charge in [-0.25, -0.2) is 4.98 Å². The van der Waals surface area contributed by atoms with Crippen LogP contribution in [0.3, 0.4) is 0 Å². The standard InChI is InChI=1S/C19H15N3OS/c23-19-18(15-9-5-2-6-10-15)20-16-11-12-17(21-22(16)19)24-13-14-7-3-1-4-8-14/h1-12,21H,13H2. The third-order valence-electron chi connectivity index (χ3n) is 3.75. The van der Waals surface area contributed by atoms with Gasteiger partial charge in [0.1, 0.15) is 5.69 Å². The predicted molar refractivity (Wildman–Crippen MR) is 96.8 cm³/mol. The first kappa shape index (κ1) is 14.8. The molecule has 0 saturated heterocycles. The van der Waals surface area contributed by atoms with E-state index in [0.29, 0.717) is 11.5 Å². The van der Waals surface area contributed by atoms with Gasteiger partial charge in [0.15, 0.2) is 5.82 Å². The van der Waals surface area contributed by atoms with Crippen LogP contribution in [0.25, 0.3) is 17.1 Å². The molecule has 4 rings (SSSR count). The fourth-order valence-corrected chi connectivity index (χ4v) is 3.37. The molecule has 2 aromatic carbocycles. The van der Waals surface area contributed by atoms with E-state index in [9.17, 15) is 4.79 Å². The number of hydrogen-bond donors (Lipinski definition) is 1. The van der Waals surface area contributed by atoms with Gasteiger partial charge in [-0.1, -0.05) is 60.7 Å². The van der Waals surface area contributed by atoms with Crippen molar-refractivity contribution in [3.05, 3.63) is 88.7 Å². The Hall–Kier alpha value is -2.79. The summed E-state index contributed by atoms with van der Waals surface area (Å²) in [5.41, 5.74) is 2.42. The Labute approximate surface area is 143 Å². The Morgan fingerprint density at radius 3 is 2.38 bits per heavy atom. The topological polar surface area (TPSA) is 50.7 Å². The molecule has 1 N–H and O–H groups in total. The lowest BCUT2D eigenvalue weighted by Crippen LogP contribution is -2.16. The van der Waals surface area contributed by atoms with E-state index in [0.717, 1.165) is 16.3 Å². The van der Waals surface area contributed by atoms with Crippen LogP contribution in [-0.2, 0) is 5.75 Å². The normalized spacial score (nSPS) is 11.0. The molecule has 2 aliphatic rings. The van der Waals surface area contributed by atoms with Gasteiger partial charge in [0.2, 0.25) is 0 Å². The van der Waals surface area contributed by atoms with Crippen molar-refractivity contribution in [1.29, 1.82) is 0 Å². The highest BCUT2D eigenvalue weighted by Gasteiger charge is 2.16. The number of aromatic nitrogens is 3. The minimum Gasteiger partial charge on any atom is -0.283 e. The maximum atomic E-state index is 12.6. The number of H-pyrrole nitrogens is 1. The van der Waals surface area contributed by atoms with Crippen LogP contribution >= 0.6 is 11.8 Å². The summed E-state index contributed by atoms with van der Waals surface area (Å²) in [6.07, 6.45) is 0. The van der Waals surface area contributed by atoms with E-state index in [1.807, 2.05) is 60.7 Å². The summed E-state index contributed by atoms with van der Waals surface area (Å²) < 4.78 is 1.51. The third-order valence-corrected chi connectivity index (χ3v) is 4.77. The molecule has 2 heterocycles. The Balaban J connectivity index is 1.65. The average Bonchev–Trinajstić information content (AvgIpc) is 2.98. The van der Waals surface area contributed by atoms with E-state index < -0.39 is 0 Å². The molecule has 0 spiro atoms. The van der Waals surface area contributed by atoms with E-state index in [2.05, 4.69) is 22.2 Å². The van der Waals surface area contributed by atoms with Crippen LogP contribution in [0.1, 0.15) is 5.56 Å². The molecule has 0 amide bonds. The minimum absolute atomic E-state index is 0.127. The van der Waals surface area contributed by atoms with Gasteiger partial charge in [0.05, 0.1) is 5.03 Å². The molecular weight excluding hydrogens is 318 g/mol. The fourth-order valence-electron chi connectivity index (χ4n) is 2.54. The van der Waals surface area contributed by atoms with E-state index in [-0.39, 0.29) is 5.56 Å². The van der Waals surface area contributed by atoms with Crippen molar-refractivity contribution in [3.8, 4) is 17.1 Å². The first-order chi connectivity index (χ1) is 11.8. The summed E-state index contributed by atoms with van der Waals surface area (Å²) >= 11 is 1.66. The summed E-state index contributed by atoms with van der Waals surface area (Å²) in [4.78, 5) is 17.1. The zero-order chi connectivity index (χ0) is 16.4. The second-order valence-electron chi connectivity index (χ2n) is 5.41. The maximum absolute atomic E-state index is 12.6. The smallest absolute Gasteiger partial charge is 0.283 e. The fraction of sp³-hybridized carbons (Fsp3) is 0.0526. The molecule has 0 atom stereocenters. The van der Waals surface area contributed by atoms with Crippen LogP contribution in [0.4, 0.5) is 0 Å². The number of imidazole rings is 1. The highest BCUT2D eigenvalue weighted by atomic mass is 32.2. The maximum Gasteiger partial charge on any atom is 0.297 e. The highest BCUT2D eigenvalue weighted by Crippen LogP contribution is 2.22. The van der Waals surface area contributed by atoms with Gasteiger partial charge in [-0.05, 0) is 17.7 Å². The number of nitrogens with one attached hydrogen (secondary N) is 1. The lowest BCUT2D eigenvalue weighted by atomic mass is 10.2. The molecule has 4 nitrogen and oxygen atoms in total. The molecule has 5 heteroatoms. The Morgan fingerprint density at radius 2 is 1.62 bits per heavy atom. The molecule has 0 saturated carbocycles.